The van der Waals surface area contributed by atoms with Crippen LogP contribution in [0.1, 0.15) is 29.9 Å². The number of hydrogen-bond donors (Lipinski definition) is 2. The van der Waals surface area contributed by atoms with Crippen LogP contribution in [0.3, 0.4) is 0 Å². The molecule has 0 aliphatic carbocycles. The quantitative estimate of drug-likeness (QED) is 0.874. The zero-order chi connectivity index (χ0) is 14.4. The number of hydrogen-bond acceptors (Lipinski definition) is 4. The number of rotatable bonds is 5. The number of nitrogens with zero attached hydrogens (tertiary/aromatic N) is 2. The average molecular weight is 270 g/mol. The van der Waals surface area contributed by atoms with Gasteiger partial charge in [-0.3, -0.25) is 4.79 Å². The smallest absolute Gasteiger partial charge is 0.272 e. The summed E-state index contributed by atoms with van der Waals surface area (Å²) in [5, 5.41) is 13.8. The Labute approximate surface area is 118 Å². The van der Waals surface area contributed by atoms with E-state index >= 15 is 0 Å². The summed E-state index contributed by atoms with van der Waals surface area (Å²) in [7, 11) is 0. The number of carbonyl (C=O) groups excluding carboxylic acids is 1. The van der Waals surface area contributed by atoms with Gasteiger partial charge in [0.25, 0.3) is 5.91 Å². The summed E-state index contributed by atoms with van der Waals surface area (Å²) in [6.07, 6.45) is 0. The summed E-state index contributed by atoms with van der Waals surface area (Å²) < 4.78 is 0. The molecular weight excluding hydrogens is 252 g/mol. The van der Waals surface area contributed by atoms with Crippen LogP contribution >= 0.6 is 0 Å². The molecule has 0 aliphatic rings. The van der Waals surface area contributed by atoms with Crippen LogP contribution in [0, 0.1) is 0 Å². The van der Waals surface area contributed by atoms with E-state index in [4.69, 9.17) is 0 Å². The lowest BCUT2D eigenvalue weighted by Crippen LogP contribution is -2.24. The van der Waals surface area contributed by atoms with Crippen LogP contribution in [-0.4, -0.2) is 22.1 Å². The minimum Gasteiger partial charge on any atom is -0.366 e. The lowest BCUT2D eigenvalue weighted by Gasteiger charge is -2.08. The van der Waals surface area contributed by atoms with Crippen molar-refractivity contribution in [2.24, 2.45) is 0 Å². The third-order valence-corrected chi connectivity index (χ3v) is 2.63. The van der Waals surface area contributed by atoms with Crippen molar-refractivity contribution < 1.29 is 4.79 Å². The molecule has 2 aromatic rings. The lowest BCUT2D eigenvalue weighted by molar-refractivity contribution is 0.0945. The van der Waals surface area contributed by atoms with Gasteiger partial charge in [-0.15, -0.1) is 10.2 Å². The normalized spacial score (nSPS) is 10.3. The number of nitrogens with one attached hydrogen (secondary N) is 2. The molecule has 2 rings (SSSR count). The summed E-state index contributed by atoms with van der Waals surface area (Å²) in [6.45, 7) is 4.51. The summed E-state index contributed by atoms with van der Waals surface area (Å²) in [5.74, 6) is 0.442. The van der Waals surface area contributed by atoms with Gasteiger partial charge in [0, 0.05) is 12.6 Å². The van der Waals surface area contributed by atoms with Crippen LogP contribution in [0.2, 0.25) is 0 Å². The molecule has 0 bridgehead atoms. The second-order valence-electron chi connectivity index (χ2n) is 4.77. The molecule has 0 unspecified atom stereocenters. The fourth-order valence-corrected chi connectivity index (χ4v) is 1.69. The van der Waals surface area contributed by atoms with Crippen LogP contribution in [-0.2, 0) is 6.54 Å². The topological polar surface area (TPSA) is 66.9 Å². The molecule has 0 atom stereocenters. The third kappa shape index (κ3) is 4.05. The Bertz CT molecular complexity index is 552. The van der Waals surface area contributed by atoms with Crippen LogP contribution in [0.25, 0.3) is 0 Å². The van der Waals surface area contributed by atoms with Crippen molar-refractivity contribution in [2.45, 2.75) is 26.4 Å². The van der Waals surface area contributed by atoms with Crippen molar-refractivity contribution in [3.05, 3.63) is 53.7 Å². The first-order chi connectivity index (χ1) is 9.65. The Balaban J connectivity index is 1.92. The molecule has 0 fully saturated rings. The van der Waals surface area contributed by atoms with E-state index in [2.05, 4.69) is 20.8 Å². The summed E-state index contributed by atoms with van der Waals surface area (Å²) in [6, 6.07) is 13.4. The van der Waals surface area contributed by atoms with Gasteiger partial charge in [0.05, 0.1) is 0 Å². The molecule has 104 valence electrons. The van der Waals surface area contributed by atoms with Gasteiger partial charge in [0.1, 0.15) is 5.82 Å². The highest BCUT2D eigenvalue weighted by molar-refractivity contribution is 5.92. The first-order valence-corrected chi connectivity index (χ1v) is 6.57. The second-order valence-corrected chi connectivity index (χ2v) is 4.77. The summed E-state index contributed by atoms with van der Waals surface area (Å²) in [5.41, 5.74) is 1.36. The molecule has 0 radical (unpaired) electrons. The average Bonchev–Trinajstić information content (AvgIpc) is 2.46. The van der Waals surface area contributed by atoms with Gasteiger partial charge in [-0.25, -0.2) is 0 Å². The molecule has 20 heavy (non-hydrogen) atoms. The van der Waals surface area contributed by atoms with Crippen molar-refractivity contribution in [3.8, 4) is 0 Å². The first kappa shape index (κ1) is 14.0. The van der Waals surface area contributed by atoms with E-state index in [1.54, 1.807) is 12.1 Å². The number of carbonyl (C=O) groups is 1. The van der Waals surface area contributed by atoms with Gasteiger partial charge in [-0.2, -0.15) is 0 Å². The van der Waals surface area contributed by atoms with Crippen molar-refractivity contribution in [2.75, 3.05) is 5.32 Å². The Morgan fingerprint density at radius 3 is 2.45 bits per heavy atom. The van der Waals surface area contributed by atoms with Gasteiger partial charge in [-0.1, -0.05) is 30.3 Å². The van der Waals surface area contributed by atoms with Gasteiger partial charge in [-0.05, 0) is 31.5 Å². The molecule has 1 amide bonds. The summed E-state index contributed by atoms with van der Waals surface area (Å²) >= 11 is 0. The van der Waals surface area contributed by atoms with Crippen LogP contribution < -0.4 is 10.6 Å². The molecule has 2 N–H and O–H groups in total. The molecule has 0 spiro atoms. The molecular formula is C15H18N4O. The van der Waals surface area contributed by atoms with E-state index in [-0.39, 0.29) is 11.9 Å². The van der Waals surface area contributed by atoms with Crippen molar-refractivity contribution in [1.29, 1.82) is 0 Å². The third-order valence-electron chi connectivity index (χ3n) is 2.63. The molecule has 0 saturated heterocycles. The van der Waals surface area contributed by atoms with Crippen LogP contribution in [0.5, 0.6) is 0 Å². The molecule has 1 aromatic carbocycles. The molecule has 0 saturated carbocycles. The molecule has 5 heteroatoms. The Kier molecular flexibility index (Phi) is 4.65. The molecule has 1 aromatic heterocycles. The predicted molar refractivity (Wildman–Crippen MR) is 78.4 cm³/mol. The first-order valence-electron chi connectivity index (χ1n) is 6.57. The van der Waals surface area contributed by atoms with Crippen LogP contribution in [0.15, 0.2) is 42.5 Å². The van der Waals surface area contributed by atoms with Crippen LogP contribution in [0.4, 0.5) is 5.82 Å². The van der Waals surface area contributed by atoms with E-state index in [1.165, 1.54) is 0 Å². The highest BCUT2D eigenvalue weighted by atomic mass is 16.1. The Morgan fingerprint density at radius 2 is 1.85 bits per heavy atom. The van der Waals surface area contributed by atoms with Gasteiger partial charge < -0.3 is 10.6 Å². The van der Waals surface area contributed by atoms with Crippen molar-refractivity contribution in [3.63, 3.8) is 0 Å². The molecule has 1 heterocycles. The summed E-state index contributed by atoms with van der Waals surface area (Å²) in [4.78, 5) is 11.9. The lowest BCUT2D eigenvalue weighted by atomic mass is 10.2. The van der Waals surface area contributed by atoms with Crippen molar-refractivity contribution >= 4 is 11.7 Å². The predicted octanol–water partition coefficient (Wildman–Crippen LogP) is 2.23. The largest absolute Gasteiger partial charge is 0.366 e. The maximum absolute atomic E-state index is 11.9. The SMILES string of the molecule is CC(C)Nc1ccc(C(=O)NCc2ccccc2)nn1. The van der Waals surface area contributed by atoms with E-state index in [9.17, 15) is 4.79 Å². The fraction of sp³-hybridized carbons (Fsp3) is 0.267. The fourth-order valence-electron chi connectivity index (χ4n) is 1.69. The highest BCUT2D eigenvalue weighted by Crippen LogP contribution is 2.04. The van der Waals surface area contributed by atoms with E-state index in [0.717, 1.165) is 5.56 Å². The van der Waals surface area contributed by atoms with E-state index < -0.39 is 0 Å². The number of amides is 1. The van der Waals surface area contributed by atoms with E-state index in [0.29, 0.717) is 18.1 Å². The monoisotopic (exact) mass is 270 g/mol. The number of anilines is 1. The van der Waals surface area contributed by atoms with Gasteiger partial charge in [0.15, 0.2) is 5.69 Å². The second kappa shape index (κ2) is 6.65. The van der Waals surface area contributed by atoms with Gasteiger partial charge in [0.2, 0.25) is 0 Å². The zero-order valence-corrected chi connectivity index (χ0v) is 11.6. The maximum atomic E-state index is 11.9. The number of aromatic nitrogens is 2. The Morgan fingerprint density at radius 1 is 1.10 bits per heavy atom. The van der Waals surface area contributed by atoms with Gasteiger partial charge >= 0.3 is 0 Å². The minimum atomic E-state index is -0.225. The maximum Gasteiger partial charge on any atom is 0.272 e. The van der Waals surface area contributed by atoms with Crippen molar-refractivity contribution in [1.82, 2.24) is 15.5 Å². The number of benzene rings is 1. The zero-order valence-electron chi connectivity index (χ0n) is 11.6. The molecule has 0 aliphatic heterocycles. The Hall–Kier alpha value is -2.43. The van der Waals surface area contributed by atoms with E-state index in [1.807, 2.05) is 44.2 Å². The minimum absolute atomic E-state index is 0.225. The standard InChI is InChI=1S/C15H18N4O/c1-11(2)17-14-9-8-13(18-19-14)15(20)16-10-12-6-4-3-5-7-12/h3-9,11H,10H2,1-2H3,(H,16,20)(H,17,19). The molecule has 5 nitrogen and oxygen atoms in total. The highest BCUT2D eigenvalue weighted by Gasteiger charge is 2.08.